The van der Waals surface area contributed by atoms with Gasteiger partial charge in [-0.05, 0) is 22.7 Å². The monoisotopic (exact) mass is 212 g/mol. The third-order valence-electron chi connectivity index (χ3n) is 2.46. The predicted octanol–water partition coefficient (Wildman–Crippen LogP) is 1.78. The summed E-state index contributed by atoms with van der Waals surface area (Å²) < 4.78 is 1.62. The Labute approximate surface area is 88.5 Å². The van der Waals surface area contributed by atoms with Gasteiger partial charge in [-0.3, -0.25) is 4.57 Å². The highest BCUT2D eigenvalue weighted by Crippen LogP contribution is 2.22. The standard InChI is InChI=1S/C9H16N4O2/c1-6(2)7(3)11-9-8(13(14)15)10-5-12(9)4/h5-7,11H,1-4H3/t7-/m1/s1. The van der Waals surface area contributed by atoms with Gasteiger partial charge in [-0.25, -0.2) is 0 Å². The summed E-state index contributed by atoms with van der Waals surface area (Å²) in [5.74, 6) is 0.741. The van der Waals surface area contributed by atoms with Gasteiger partial charge in [0, 0.05) is 13.1 Å². The maximum Gasteiger partial charge on any atom is 0.406 e. The zero-order chi connectivity index (χ0) is 11.6. The average molecular weight is 212 g/mol. The van der Waals surface area contributed by atoms with E-state index in [4.69, 9.17) is 0 Å². The van der Waals surface area contributed by atoms with Crippen molar-refractivity contribution < 1.29 is 4.92 Å². The lowest BCUT2D eigenvalue weighted by atomic mass is 10.1. The summed E-state index contributed by atoms with van der Waals surface area (Å²) in [5, 5.41) is 13.8. The first-order valence-corrected chi connectivity index (χ1v) is 4.85. The molecule has 84 valence electrons. The first-order chi connectivity index (χ1) is 6.93. The van der Waals surface area contributed by atoms with E-state index in [1.807, 2.05) is 6.92 Å². The maximum absolute atomic E-state index is 10.7. The highest BCUT2D eigenvalue weighted by atomic mass is 16.6. The molecule has 0 aliphatic carbocycles. The quantitative estimate of drug-likeness (QED) is 0.610. The summed E-state index contributed by atoms with van der Waals surface area (Å²) in [7, 11) is 1.73. The van der Waals surface area contributed by atoms with Crippen LogP contribution in [0.2, 0.25) is 0 Å². The molecule has 0 unspecified atom stereocenters. The number of hydrogen-bond donors (Lipinski definition) is 1. The van der Waals surface area contributed by atoms with Crippen molar-refractivity contribution in [1.82, 2.24) is 9.55 Å². The Morgan fingerprint density at radius 2 is 2.13 bits per heavy atom. The summed E-state index contributed by atoms with van der Waals surface area (Å²) in [6.45, 7) is 6.10. The number of aryl methyl sites for hydroxylation is 1. The van der Waals surface area contributed by atoms with Crippen LogP contribution in [0.25, 0.3) is 0 Å². The molecule has 1 rings (SSSR count). The third-order valence-corrected chi connectivity index (χ3v) is 2.46. The lowest BCUT2D eigenvalue weighted by Crippen LogP contribution is -2.23. The van der Waals surface area contributed by atoms with Crippen LogP contribution in [0, 0.1) is 16.0 Å². The molecule has 15 heavy (non-hydrogen) atoms. The third kappa shape index (κ3) is 2.45. The highest BCUT2D eigenvalue weighted by molar-refractivity contribution is 5.52. The lowest BCUT2D eigenvalue weighted by Gasteiger charge is -2.17. The lowest BCUT2D eigenvalue weighted by molar-refractivity contribution is -0.388. The fourth-order valence-electron chi connectivity index (χ4n) is 1.10. The van der Waals surface area contributed by atoms with E-state index >= 15 is 0 Å². The summed E-state index contributed by atoms with van der Waals surface area (Å²) in [6, 6.07) is 0.166. The van der Waals surface area contributed by atoms with E-state index in [9.17, 15) is 10.1 Å². The number of nitrogens with zero attached hydrogens (tertiary/aromatic N) is 3. The zero-order valence-corrected chi connectivity index (χ0v) is 9.39. The molecule has 0 saturated carbocycles. The van der Waals surface area contributed by atoms with E-state index in [-0.39, 0.29) is 11.9 Å². The topological polar surface area (TPSA) is 73.0 Å². The van der Waals surface area contributed by atoms with Crippen LogP contribution in [0.5, 0.6) is 0 Å². The largest absolute Gasteiger partial charge is 0.406 e. The van der Waals surface area contributed by atoms with E-state index in [2.05, 4.69) is 24.1 Å². The molecule has 6 heteroatoms. The van der Waals surface area contributed by atoms with E-state index in [1.54, 1.807) is 11.6 Å². The van der Waals surface area contributed by atoms with Gasteiger partial charge in [0.15, 0.2) is 0 Å². The van der Waals surface area contributed by atoms with Crippen molar-refractivity contribution in [2.75, 3.05) is 5.32 Å². The molecule has 0 aliphatic rings. The van der Waals surface area contributed by atoms with Gasteiger partial charge >= 0.3 is 5.82 Å². The Hall–Kier alpha value is -1.59. The first-order valence-electron chi connectivity index (χ1n) is 4.85. The SMILES string of the molecule is CC(C)[C@@H](C)Nc1c([N+](=O)[O-])ncn1C. The number of imidazole rings is 1. The number of anilines is 1. The van der Waals surface area contributed by atoms with Crippen molar-refractivity contribution in [1.29, 1.82) is 0 Å². The second-order valence-electron chi connectivity index (χ2n) is 3.96. The maximum atomic E-state index is 10.7. The van der Waals surface area contributed by atoms with Crippen molar-refractivity contribution in [3.63, 3.8) is 0 Å². The Balaban J connectivity index is 2.92. The van der Waals surface area contributed by atoms with E-state index in [0.29, 0.717) is 11.7 Å². The van der Waals surface area contributed by atoms with Crippen LogP contribution < -0.4 is 5.32 Å². The summed E-state index contributed by atoms with van der Waals surface area (Å²) in [5.41, 5.74) is 0. The van der Waals surface area contributed by atoms with Gasteiger partial charge in [-0.1, -0.05) is 13.8 Å². The average Bonchev–Trinajstić information content (AvgIpc) is 2.48. The molecule has 0 bridgehead atoms. The van der Waals surface area contributed by atoms with Crippen molar-refractivity contribution in [3.05, 3.63) is 16.4 Å². The molecule has 1 aromatic heterocycles. The van der Waals surface area contributed by atoms with Gasteiger partial charge < -0.3 is 15.4 Å². The highest BCUT2D eigenvalue weighted by Gasteiger charge is 2.21. The predicted molar refractivity (Wildman–Crippen MR) is 57.8 cm³/mol. The van der Waals surface area contributed by atoms with Crippen LogP contribution in [0.1, 0.15) is 20.8 Å². The summed E-state index contributed by atoms with van der Waals surface area (Å²) in [6.07, 6.45) is 1.44. The van der Waals surface area contributed by atoms with Gasteiger partial charge in [-0.15, -0.1) is 0 Å². The number of nitro groups is 1. The van der Waals surface area contributed by atoms with Crippen molar-refractivity contribution in [3.8, 4) is 0 Å². The Bertz CT molecular complexity index is 359. The molecule has 0 amide bonds. The minimum absolute atomic E-state index is 0.120. The van der Waals surface area contributed by atoms with Crippen LogP contribution in [-0.2, 0) is 7.05 Å². The number of hydrogen-bond acceptors (Lipinski definition) is 4. The molecule has 1 heterocycles. The minimum Gasteiger partial charge on any atom is -0.362 e. The van der Waals surface area contributed by atoms with E-state index < -0.39 is 4.92 Å². The molecule has 0 spiro atoms. The molecule has 1 aromatic rings. The molecule has 0 saturated heterocycles. The van der Waals surface area contributed by atoms with Crippen molar-refractivity contribution >= 4 is 11.6 Å². The second kappa shape index (κ2) is 4.29. The molecule has 6 nitrogen and oxygen atoms in total. The van der Waals surface area contributed by atoms with Gasteiger partial charge in [0.2, 0.25) is 12.1 Å². The van der Waals surface area contributed by atoms with Gasteiger partial charge in [-0.2, -0.15) is 0 Å². The van der Waals surface area contributed by atoms with Crippen LogP contribution in [-0.4, -0.2) is 20.5 Å². The van der Waals surface area contributed by atoms with E-state index in [1.165, 1.54) is 6.33 Å². The number of nitrogens with one attached hydrogen (secondary N) is 1. The fourth-order valence-corrected chi connectivity index (χ4v) is 1.10. The van der Waals surface area contributed by atoms with Gasteiger partial charge in [0.1, 0.15) is 0 Å². The van der Waals surface area contributed by atoms with Crippen LogP contribution in [0.3, 0.4) is 0 Å². The van der Waals surface area contributed by atoms with Gasteiger partial charge in [0.25, 0.3) is 0 Å². The Morgan fingerprint density at radius 1 is 1.53 bits per heavy atom. The second-order valence-corrected chi connectivity index (χ2v) is 3.96. The molecular weight excluding hydrogens is 196 g/mol. The Morgan fingerprint density at radius 3 is 2.60 bits per heavy atom. The molecule has 0 fully saturated rings. The summed E-state index contributed by atoms with van der Waals surface area (Å²) >= 11 is 0. The molecule has 0 radical (unpaired) electrons. The Kier molecular flexibility index (Phi) is 3.28. The number of rotatable bonds is 4. The molecule has 0 aromatic carbocycles. The van der Waals surface area contributed by atoms with Crippen LogP contribution in [0.4, 0.5) is 11.6 Å². The smallest absolute Gasteiger partial charge is 0.362 e. The van der Waals surface area contributed by atoms with Gasteiger partial charge in [0.05, 0.1) is 0 Å². The summed E-state index contributed by atoms with van der Waals surface area (Å²) in [4.78, 5) is 13.9. The van der Waals surface area contributed by atoms with Crippen molar-refractivity contribution in [2.24, 2.45) is 13.0 Å². The normalized spacial score (nSPS) is 12.9. The van der Waals surface area contributed by atoms with Crippen molar-refractivity contribution in [2.45, 2.75) is 26.8 Å². The molecular formula is C9H16N4O2. The fraction of sp³-hybridized carbons (Fsp3) is 0.667. The van der Waals surface area contributed by atoms with Crippen LogP contribution >= 0.6 is 0 Å². The van der Waals surface area contributed by atoms with Crippen LogP contribution in [0.15, 0.2) is 6.33 Å². The number of aromatic nitrogens is 2. The zero-order valence-electron chi connectivity index (χ0n) is 9.39. The van der Waals surface area contributed by atoms with E-state index in [0.717, 1.165) is 0 Å². The minimum atomic E-state index is -0.477. The molecule has 1 N–H and O–H groups in total. The first kappa shape index (κ1) is 11.5. The molecule has 0 aliphatic heterocycles. The molecule has 1 atom stereocenters.